The number of imidazole rings is 1. The molecule has 2 unspecified atom stereocenters. The minimum atomic E-state index is -0.559. The summed E-state index contributed by atoms with van der Waals surface area (Å²) < 4.78 is 12.5. The highest BCUT2D eigenvalue weighted by Crippen LogP contribution is 2.30. The predicted molar refractivity (Wildman–Crippen MR) is 109 cm³/mol. The van der Waals surface area contributed by atoms with Gasteiger partial charge >= 0.3 is 0 Å². The summed E-state index contributed by atoms with van der Waals surface area (Å²) >= 11 is 0. The molecule has 0 spiro atoms. The first kappa shape index (κ1) is 20.8. The maximum absolute atomic E-state index is 12.5. The molecule has 1 fully saturated rings. The third kappa shape index (κ3) is 4.35. The highest BCUT2D eigenvalue weighted by Gasteiger charge is 2.37. The second-order valence-electron chi connectivity index (χ2n) is 7.36. The van der Waals surface area contributed by atoms with Crippen LogP contribution in [0.25, 0.3) is 0 Å². The third-order valence-corrected chi connectivity index (χ3v) is 5.23. The number of aromatic nitrogens is 3. The van der Waals surface area contributed by atoms with Crippen molar-refractivity contribution >= 4 is 17.5 Å². The lowest BCUT2D eigenvalue weighted by molar-refractivity contribution is -0.162. The number of hydrogen-bond donors (Lipinski definition) is 2. The van der Waals surface area contributed by atoms with E-state index >= 15 is 0 Å². The van der Waals surface area contributed by atoms with E-state index in [1.54, 1.807) is 54.5 Å². The number of anilines is 1. The summed E-state index contributed by atoms with van der Waals surface area (Å²) in [4.78, 5) is 30.6. The van der Waals surface area contributed by atoms with Gasteiger partial charge in [0.15, 0.2) is 5.69 Å². The third-order valence-electron chi connectivity index (χ3n) is 5.23. The number of nitrogens with zero attached hydrogens (tertiary/aromatic N) is 4. The normalized spacial score (nSPS) is 18.9. The zero-order chi connectivity index (χ0) is 22.0. The maximum atomic E-state index is 12.5. The SMILES string of the molecule is Cc1cc(C(=O)Nc2ccc(C3OCC(=O)N(Cc4nccn4C)C3CO)cc2)no1. The average molecular weight is 425 g/mol. The van der Waals surface area contributed by atoms with Crippen molar-refractivity contribution in [2.45, 2.75) is 25.6 Å². The molecule has 162 valence electrons. The van der Waals surface area contributed by atoms with Crippen LogP contribution in [-0.4, -0.2) is 55.8 Å². The number of hydrogen-bond acceptors (Lipinski definition) is 7. The fourth-order valence-corrected chi connectivity index (χ4v) is 3.55. The topological polar surface area (TPSA) is 123 Å². The lowest BCUT2D eigenvalue weighted by Crippen LogP contribution is -2.52. The van der Waals surface area contributed by atoms with Gasteiger partial charge in [0.1, 0.15) is 24.3 Å². The number of aliphatic hydroxyl groups excluding tert-OH is 1. The van der Waals surface area contributed by atoms with Crippen LogP contribution in [0.2, 0.25) is 0 Å². The van der Waals surface area contributed by atoms with Gasteiger partial charge in [0.25, 0.3) is 5.91 Å². The van der Waals surface area contributed by atoms with Crippen molar-refractivity contribution in [3.8, 4) is 0 Å². The number of aliphatic hydroxyl groups is 1. The van der Waals surface area contributed by atoms with E-state index in [1.165, 1.54) is 0 Å². The number of nitrogens with one attached hydrogen (secondary N) is 1. The molecule has 1 aliphatic rings. The summed E-state index contributed by atoms with van der Waals surface area (Å²) in [5.74, 6) is 0.687. The minimum Gasteiger partial charge on any atom is -0.394 e. The first-order valence-corrected chi connectivity index (χ1v) is 9.79. The molecule has 31 heavy (non-hydrogen) atoms. The number of aryl methyl sites for hydroxylation is 2. The number of carbonyl (C=O) groups is 2. The van der Waals surface area contributed by atoms with Crippen LogP contribution in [-0.2, 0) is 23.1 Å². The Morgan fingerprint density at radius 3 is 2.71 bits per heavy atom. The molecule has 0 bridgehead atoms. The lowest BCUT2D eigenvalue weighted by Gasteiger charge is -2.40. The van der Waals surface area contributed by atoms with E-state index < -0.39 is 12.1 Å². The van der Waals surface area contributed by atoms with E-state index in [2.05, 4.69) is 15.5 Å². The van der Waals surface area contributed by atoms with Crippen LogP contribution in [0.15, 0.2) is 47.2 Å². The van der Waals surface area contributed by atoms with Gasteiger partial charge in [-0.15, -0.1) is 0 Å². The summed E-state index contributed by atoms with van der Waals surface area (Å²) in [5, 5.41) is 16.5. The summed E-state index contributed by atoms with van der Waals surface area (Å²) in [6.07, 6.45) is 2.96. The van der Waals surface area contributed by atoms with Crippen molar-refractivity contribution in [3.63, 3.8) is 0 Å². The Morgan fingerprint density at radius 2 is 2.10 bits per heavy atom. The fourth-order valence-electron chi connectivity index (χ4n) is 3.55. The highest BCUT2D eigenvalue weighted by molar-refractivity contribution is 6.02. The molecule has 4 rings (SSSR count). The van der Waals surface area contributed by atoms with Crippen molar-refractivity contribution in [1.29, 1.82) is 0 Å². The van der Waals surface area contributed by atoms with Gasteiger partial charge in [-0.25, -0.2) is 4.98 Å². The van der Waals surface area contributed by atoms with Crippen LogP contribution in [0.4, 0.5) is 5.69 Å². The molecule has 0 aliphatic carbocycles. The number of benzene rings is 1. The van der Waals surface area contributed by atoms with Gasteiger partial charge in [0.05, 0.1) is 19.2 Å². The predicted octanol–water partition coefficient (Wildman–Crippen LogP) is 1.43. The smallest absolute Gasteiger partial charge is 0.277 e. The number of carbonyl (C=O) groups excluding carboxylic acids is 2. The van der Waals surface area contributed by atoms with Crippen molar-refractivity contribution in [2.24, 2.45) is 7.05 Å². The zero-order valence-corrected chi connectivity index (χ0v) is 17.2. The summed E-state index contributed by atoms with van der Waals surface area (Å²) in [6.45, 7) is 1.64. The van der Waals surface area contributed by atoms with Gasteiger partial charge in [-0.1, -0.05) is 17.3 Å². The van der Waals surface area contributed by atoms with Gasteiger partial charge in [0, 0.05) is 31.2 Å². The number of ether oxygens (including phenoxy) is 1. The van der Waals surface area contributed by atoms with Crippen molar-refractivity contribution in [1.82, 2.24) is 19.6 Å². The van der Waals surface area contributed by atoms with Crippen molar-refractivity contribution < 1.29 is 24.0 Å². The van der Waals surface area contributed by atoms with E-state index in [9.17, 15) is 14.7 Å². The van der Waals surface area contributed by atoms with Gasteiger partial charge in [-0.05, 0) is 24.6 Å². The van der Waals surface area contributed by atoms with Gasteiger partial charge in [-0.3, -0.25) is 9.59 Å². The summed E-state index contributed by atoms with van der Waals surface area (Å²) in [5.41, 5.74) is 1.55. The van der Waals surface area contributed by atoms with E-state index in [1.807, 2.05) is 11.6 Å². The van der Waals surface area contributed by atoms with E-state index in [4.69, 9.17) is 9.26 Å². The Bertz CT molecular complexity index is 1070. The number of morpholine rings is 1. The molecule has 2 aromatic heterocycles. The molecule has 2 amide bonds. The lowest BCUT2D eigenvalue weighted by atomic mass is 9.99. The number of amides is 2. The van der Waals surface area contributed by atoms with Crippen LogP contribution in [0.3, 0.4) is 0 Å². The van der Waals surface area contributed by atoms with Crippen LogP contribution < -0.4 is 5.32 Å². The molecular weight excluding hydrogens is 402 g/mol. The van der Waals surface area contributed by atoms with Gasteiger partial charge in [0.2, 0.25) is 5.91 Å². The summed E-state index contributed by atoms with van der Waals surface area (Å²) in [6, 6.07) is 8.06. The van der Waals surface area contributed by atoms with Crippen LogP contribution in [0.1, 0.15) is 33.7 Å². The molecule has 3 aromatic rings. The molecule has 2 atom stereocenters. The molecule has 1 saturated heterocycles. The quantitative estimate of drug-likeness (QED) is 0.612. The molecule has 10 heteroatoms. The van der Waals surface area contributed by atoms with Crippen LogP contribution in [0.5, 0.6) is 0 Å². The second kappa shape index (κ2) is 8.70. The van der Waals surface area contributed by atoms with E-state index in [-0.39, 0.29) is 37.3 Å². The van der Waals surface area contributed by atoms with E-state index in [0.717, 1.165) is 5.56 Å². The zero-order valence-electron chi connectivity index (χ0n) is 17.2. The molecule has 2 N–H and O–H groups in total. The van der Waals surface area contributed by atoms with E-state index in [0.29, 0.717) is 17.3 Å². The Kier molecular flexibility index (Phi) is 5.83. The highest BCUT2D eigenvalue weighted by atomic mass is 16.5. The van der Waals surface area contributed by atoms with Crippen molar-refractivity contribution in [3.05, 3.63) is 65.6 Å². The summed E-state index contributed by atoms with van der Waals surface area (Å²) in [7, 11) is 1.85. The van der Waals surface area contributed by atoms with Gasteiger partial charge < -0.3 is 29.2 Å². The molecule has 3 heterocycles. The second-order valence-corrected chi connectivity index (χ2v) is 7.36. The largest absolute Gasteiger partial charge is 0.394 e. The standard InChI is InChI=1S/C21H23N5O5/c1-13-9-16(24-31-13)21(29)23-15-5-3-14(4-6-15)20-17(11-27)26(19(28)12-30-20)10-18-22-7-8-25(18)2/h3-9,17,20,27H,10-12H2,1-2H3,(H,23,29). The molecule has 1 aromatic carbocycles. The Labute approximate surface area is 178 Å². The molecular formula is C21H23N5O5. The number of rotatable bonds is 6. The Balaban J connectivity index is 1.49. The first-order valence-electron chi connectivity index (χ1n) is 9.79. The fraction of sp³-hybridized carbons (Fsp3) is 0.333. The van der Waals surface area contributed by atoms with Gasteiger partial charge in [-0.2, -0.15) is 0 Å². The van der Waals surface area contributed by atoms with Crippen LogP contribution in [0, 0.1) is 6.92 Å². The average Bonchev–Trinajstić information content (AvgIpc) is 3.38. The molecule has 1 aliphatic heterocycles. The maximum Gasteiger partial charge on any atom is 0.277 e. The Morgan fingerprint density at radius 1 is 1.32 bits per heavy atom. The molecule has 10 nitrogen and oxygen atoms in total. The first-order chi connectivity index (χ1) is 15.0. The monoisotopic (exact) mass is 425 g/mol. The molecule has 0 radical (unpaired) electrons. The Hall–Kier alpha value is -3.50. The molecule has 0 saturated carbocycles. The van der Waals surface area contributed by atoms with Crippen molar-refractivity contribution in [2.75, 3.05) is 18.5 Å². The minimum absolute atomic E-state index is 0.0877. The van der Waals surface area contributed by atoms with Crippen LogP contribution >= 0.6 is 0 Å².